The molecular weight excluding hydrogens is 408 g/mol. The molecule has 5 nitrogen and oxygen atoms in total. The minimum absolute atomic E-state index is 0.0799. The molecule has 0 aliphatic heterocycles. The summed E-state index contributed by atoms with van der Waals surface area (Å²) in [5.74, 6) is 3.61. The molecule has 2 aromatic rings. The summed E-state index contributed by atoms with van der Waals surface area (Å²) >= 11 is 1.53. The Hall–Kier alpha value is -2.34. The van der Waals surface area contributed by atoms with Gasteiger partial charge in [-0.25, -0.2) is 4.98 Å². The van der Waals surface area contributed by atoms with E-state index in [9.17, 15) is 4.79 Å². The van der Waals surface area contributed by atoms with Crippen LogP contribution in [0.1, 0.15) is 49.8 Å². The molecule has 1 amide bonds. The third kappa shape index (κ3) is 4.10. The molecule has 1 heterocycles. The maximum atomic E-state index is 12.5. The van der Waals surface area contributed by atoms with Gasteiger partial charge in [0.25, 0.3) is 5.91 Å². The highest BCUT2D eigenvalue weighted by Crippen LogP contribution is 2.60. The molecule has 6 rings (SSSR count). The molecule has 0 radical (unpaired) electrons. The molecule has 164 valence electrons. The lowest BCUT2D eigenvalue weighted by Crippen LogP contribution is -2.48. The van der Waals surface area contributed by atoms with Crippen LogP contribution in [-0.2, 0) is 16.6 Å². The first kappa shape index (κ1) is 20.6. The number of amides is 1. The Kier molecular flexibility index (Phi) is 5.51. The third-order valence-electron chi connectivity index (χ3n) is 7.30. The van der Waals surface area contributed by atoms with Gasteiger partial charge in [-0.2, -0.15) is 0 Å². The van der Waals surface area contributed by atoms with E-state index in [4.69, 9.17) is 14.5 Å². The first-order valence-electron chi connectivity index (χ1n) is 11.2. The van der Waals surface area contributed by atoms with Gasteiger partial charge >= 0.3 is 0 Å². The molecule has 1 aromatic carbocycles. The first-order chi connectivity index (χ1) is 15.1. The highest BCUT2D eigenvalue weighted by atomic mass is 32.1. The van der Waals surface area contributed by atoms with E-state index in [0.29, 0.717) is 16.6 Å². The fourth-order valence-electron chi connectivity index (χ4n) is 6.42. The van der Waals surface area contributed by atoms with Crippen molar-refractivity contribution >= 4 is 22.4 Å². The van der Waals surface area contributed by atoms with E-state index in [1.165, 1.54) is 55.6 Å². The zero-order valence-corrected chi connectivity index (χ0v) is 18.9. The Balaban J connectivity index is 1.21. The number of ether oxygens (including phenoxy) is 2. The van der Waals surface area contributed by atoms with Crippen LogP contribution in [0.2, 0.25) is 0 Å². The lowest BCUT2D eigenvalue weighted by molar-refractivity contribution is -0.118. The number of rotatable bonds is 8. The van der Waals surface area contributed by atoms with Crippen LogP contribution in [0.25, 0.3) is 0 Å². The average molecular weight is 439 g/mol. The molecule has 31 heavy (non-hydrogen) atoms. The van der Waals surface area contributed by atoms with E-state index in [2.05, 4.69) is 17.3 Å². The SMILES string of the molecule is C=CCc1ccc(OCC(=O)Nc2nc(C34CC5CC(CC(C5)C3)C4)cs2)c(OC)c1. The van der Waals surface area contributed by atoms with Gasteiger partial charge in [-0.1, -0.05) is 12.1 Å². The van der Waals surface area contributed by atoms with Crippen molar-refractivity contribution in [1.82, 2.24) is 4.98 Å². The highest BCUT2D eigenvalue weighted by molar-refractivity contribution is 7.14. The van der Waals surface area contributed by atoms with Gasteiger partial charge in [-0.15, -0.1) is 17.9 Å². The second-order valence-corrected chi connectivity index (χ2v) is 10.4. The summed E-state index contributed by atoms with van der Waals surface area (Å²) in [5, 5.41) is 5.77. The molecular formula is C25H30N2O3S. The van der Waals surface area contributed by atoms with E-state index in [1.54, 1.807) is 7.11 Å². The smallest absolute Gasteiger partial charge is 0.264 e. The topological polar surface area (TPSA) is 60.5 Å². The molecule has 0 unspecified atom stereocenters. The van der Waals surface area contributed by atoms with Crippen LogP contribution in [0.15, 0.2) is 36.2 Å². The maximum Gasteiger partial charge on any atom is 0.264 e. The lowest BCUT2D eigenvalue weighted by Gasteiger charge is -2.56. The first-order valence-corrected chi connectivity index (χ1v) is 12.1. The average Bonchev–Trinajstić information content (AvgIpc) is 3.21. The number of thiazole rings is 1. The molecule has 0 atom stereocenters. The number of benzene rings is 1. The number of aromatic nitrogens is 1. The number of carbonyl (C=O) groups excluding carboxylic acids is 1. The molecule has 4 bridgehead atoms. The summed E-state index contributed by atoms with van der Waals surface area (Å²) in [5.41, 5.74) is 2.54. The zero-order valence-electron chi connectivity index (χ0n) is 18.1. The number of hydrogen-bond acceptors (Lipinski definition) is 5. The number of methoxy groups -OCH3 is 1. The van der Waals surface area contributed by atoms with Crippen molar-refractivity contribution in [2.75, 3.05) is 19.0 Å². The van der Waals surface area contributed by atoms with Crippen LogP contribution < -0.4 is 14.8 Å². The van der Waals surface area contributed by atoms with Gasteiger partial charge in [-0.05, 0) is 80.4 Å². The molecule has 0 saturated heterocycles. The number of nitrogens with one attached hydrogen (secondary N) is 1. The predicted molar refractivity (Wildman–Crippen MR) is 123 cm³/mol. The van der Waals surface area contributed by atoms with Crippen molar-refractivity contribution < 1.29 is 14.3 Å². The van der Waals surface area contributed by atoms with Crippen LogP contribution in [0.4, 0.5) is 5.13 Å². The molecule has 1 aromatic heterocycles. The number of allylic oxidation sites excluding steroid dienone is 1. The van der Waals surface area contributed by atoms with E-state index < -0.39 is 0 Å². The van der Waals surface area contributed by atoms with Crippen molar-refractivity contribution in [3.8, 4) is 11.5 Å². The summed E-state index contributed by atoms with van der Waals surface area (Å²) in [6, 6.07) is 5.70. The Morgan fingerprint density at radius 1 is 1.23 bits per heavy atom. The Morgan fingerprint density at radius 3 is 2.58 bits per heavy atom. The maximum absolute atomic E-state index is 12.5. The Bertz CT molecular complexity index is 948. The second kappa shape index (κ2) is 8.30. The lowest BCUT2D eigenvalue weighted by atomic mass is 9.49. The minimum atomic E-state index is -0.205. The van der Waals surface area contributed by atoms with Crippen LogP contribution >= 0.6 is 11.3 Å². The van der Waals surface area contributed by atoms with Gasteiger partial charge in [0.15, 0.2) is 23.2 Å². The summed E-state index contributed by atoms with van der Waals surface area (Å²) in [4.78, 5) is 17.3. The number of hydrogen-bond donors (Lipinski definition) is 1. The molecule has 0 spiro atoms. The molecule has 4 saturated carbocycles. The van der Waals surface area contributed by atoms with Crippen molar-refractivity contribution in [1.29, 1.82) is 0 Å². The van der Waals surface area contributed by atoms with E-state index in [-0.39, 0.29) is 17.9 Å². The van der Waals surface area contributed by atoms with Gasteiger partial charge in [0.05, 0.1) is 12.8 Å². The monoisotopic (exact) mass is 438 g/mol. The summed E-state index contributed by atoms with van der Waals surface area (Å²) in [6.45, 7) is 3.68. The standard InChI is InChI=1S/C25H30N2O3S/c1-3-4-16-5-6-20(21(10-16)29-2)30-14-23(28)27-24-26-22(15-31-24)25-11-17-7-18(12-25)9-19(8-17)13-25/h3,5-6,10,15,17-19H,1,4,7-9,11-14H2,2H3,(H,26,27,28). The van der Waals surface area contributed by atoms with E-state index in [1.807, 2.05) is 24.3 Å². The Morgan fingerprint density at radius 2 is 1.94 bits per heavy atom. The van der Waals surface area contributed by atoms with Crippen LogP contribution in [0.5, 0.6) is 11.5 Å². The number of nitrogens with zero attached hydrogens (tertiary/aromatic N) is 1. The van der Waals surface area contributed by atoms with Gasteiger partial charge < -0.3 is 9.47 Å². The molecule has 4 fully saturated rings. The summed E-state index contributed by atoms with van der Waals surface area (Å²) in [6.07, 6.45) is 10.7. The fourth-order valence-corrected chi connectivity index (χ4v) is 7.27. The van der Waals surface area contributed by atoms with Gasteiger partial charge in [-0.3, -0.25) is 10.1 Å². The van der Waals surface area contributed by atoms with Crippen molar-refractivity contribution in [2.24, 2.45) is 17.8 Å². The van der Waals surface area contributed by atoms with Crippen LogP contribution in [-0.4, -0.2) is 24.6 Å². The third-order valence-corrected chi connectivity index (χ3v) is 8.06. The van der Waals surface area contributed by atoms with E-state index >= 15 is 0 Å². The molecule has 4 aliphatic rings. The largest absolute Gasteiger partial charge is 0.493 e. The fraction of sp³-hybridized carbons (Fsp3) is 0.520. The summed E-state index contributed by atoms with van der Waals surface area (Å²) in [7, 11) is 1.60. The van der Waals surface area contributed by atoms with E-state index in [0.717, 1.165) is 29.7 Å². The zero-order chi connectivity index (χ0) is 21.4. The number of carbonyl (C=O) groups is 1. The highest BCUT2D eigenvalue weighted by Gasteiger charge is 2.52. The van der Waals surface area contributed by atoms with Crippen LogP contribution in [0.3, 0.4) is 0 Å². The van der Waals surface area contributed by atoms with Crippen molar-refractivity contribution in [3.05, 3.63) is 47.5 Å². The second-order valence-electron chi connectivity index (χ2n) is 9.55. The normalized spacial score (nSPS) is 28.4. The molecule has 6 heteroatoms. The van der Waals surface area contributed by atoms with Gasteiger partial charge in [0.2, 0.25) is 0 Å². The Labute approximate surface area is 187 Å². The molecule has 4 aliphatic carbocycles. The summed E-state index contributed by atoms with van der Waals surface area (Å²) < 4.78 is 11.1. The van der Waals surface area contributed by atoms with Gasteiger partial charge in [0, 0.05) is 10.8 Å². The van der Waals surface area contributed by atoms with Crippen molar-refractivity contribution in [2.45, 2.75) is 50.4 Å². The molecule has 1 N–H and O–H groups in total. The number of anilines is 1. The van der Waals surface area contributed by atoms with Crippen molar-refractivity contribution in [3.63, 3.8) is 0 Å². The predicted octanol–water partition coefficient (Wildman–Crippen LogP) is 5.37. The quantitative estimate of drug-likeness (QED) is 0.563. The minimum Gasteiger partial charge on any atom is -0.493 e. The van der Waals surface area contributed by atoms with Gasteiger partial charge in [0.1, 0.15) is 0 Å². The van der Waals surface area contributed by atoms with Crippen LogP contribution in [0, 0.1) is 17.8 Å².